The number of ether oxygens (including phenoxy) is 1. The number of aliphatic hydroxyl groups is 1. The van der Waals surface area contributed by atoms with Gasteiger partial charge in [-0.15, -0.1) is 0 Å². The van der Waals surface area contributed by atoms with Gasteiger partial charge >= 0.3 is 0 Å². The molecule has 2 aromatic carbocycles. The van der Waals surface area contributed by atoms with Gasteiger partial charge in [-0.1, -0.05) is 32.0 Å². The molecule has 0 saturated carbocycles. The Bertz CT molecular complexity index is 800. The minimum absolute atomic E-state index is 0.359. The van der Waals surface area contributed by atoms with E-state index in [1.807, 2.05) is 30.3 Å². The number of hydrazine groups is 1. The van der Waals surface area contributed by atoms with Gasteiger partial charge in [0.1, 0.15) is 5.75 Å². The number of thioether (sulfide) groups is 1. The van der Waals surface area contributed by atoms with Crippen molar-refractivity contribution in [3.05, 3.63) is 60.2 Å². The lowest BCUT2D eigenvalue weighted by molar-refractivity contribution is -0.130. The van der Waals surface area contributed by atoms with Gasteiger partial charge in [-0.25, -0.2) is 0 Å². The number of nitrogens with one attached hydrogen (secondary N) is 3. The molecule has 7 nitrogen and oxygen atoms in total. The number of hydrogen-bond donors (Lipinski definition) is 4. The molecule has 2 amide bonds. The van der Waals surface area contributed by atoms with Gasteiger partial charge in [-0.3, -0.25) is 20.4 Å². The number of hydrogen-bond acceptors (Lipinski definition) is 6. The lowest BCUT2D eigenvalue weighted by Crippen LogP contribution is -2.51. The minimum atomic E-state index is -1.34. The molecule has 4 N–H and O–H groups in total. The molecule has 0 bridgehead atoms. The Hall–Kier alpha value is -2.71. The van der Waals surface area contributed by atoms with Crippen LogP contribution in [0.2, 0.25) is 0 Å². The van der Waals surface area contributed by atoms with Crippen LogP contribution in [0.15, 0.2) is 54.6 Å². The first-order valence-electron chi connectivity index (χ1n) is 9.76. The zero-order valence-corrected chi connectivity index (χ0v) is 18.2. The molecule has 0 heterocycles. The summed E-state index contributed by atoms with van der Waals surface area (Å²) in [7, 11) is 1.54. The third kappa shape index (κ3) is 7.61. The van der Waals surface area contributed by atoms with Gasteiger partial charge in [0.05, 0.1) is 13.2 Å². The van der Waals surface area contributed by atoms with Crippen molar-refractivity contribution >= 4 is 29.3 Å². The van der Waals surface area contributed by atoms with E-state index >= 15 is 0 Å². The number of amides is 2. The topological polar surface area (TPSA) is 99.7 Å². The summed E-state index contributed by atoms with van der Waals surface area (Å²) in [6, 6.07) is 15.4. The van der Waals surface area contributed by atoms with Gasteiger partial charge in [-0.05, 0) is 53.8 Å². The van der Waals surface area contributed by atoms with Gasteiger partial charge in [0.25, 0.3) is 11.8 Å². The third-order valence-corrected chi connectivity index (χ3v) is 5.45. The maximum atomic E-state index is 12.5. The molecule has 2 rings (SSSR count). The van der Waals surface area contributed by atoms with Gasteiger partial charge in [0.15, 0.2) is 6.10 Å². The Morgan fingerprint density at radius 2 is 1.70 bits per heavy atom. The van der Waals surface area contributed by atoms with Crippen molar-refractivity contribution in [3.63, 3.8) is 0 Å². The predicted molar refractivity (Wildman–Crippen MR) is 121 cm³/mol. The van der Waals surface area contributed by atoms with Crippen molar-refractivity contribution in [3.8, 4) is 5.75 Å². The molecule has 1 unspecified atom stereocenters. The van der Waals surface area contributed by atoms with Crippen LogP contribution >= 0.6 is 11.8 Å². The lowest BCUT2D eigenvalue weighted by atomic mass is 10.1. The van der Waals surface area contributed by atoms with Crippen molar-refractivity contribution in [2.75, 3.05) is 18.2 Å². The first-order chi connectivity index (χ1) is 14.4. The van der Waals surface area contributed by atoms with E-state index in [9.17, 15) is 14.7 Å². The molecule has 0 radical (unpaired) electrons. The molecular weight excluding hydrogens is 402 g/mol. The van der Waals surface area contributed by atoms with E-state index in [0.29, 0.717) is 23.0 Å². The molecule has 0 fully saturated rings. The van der Waals surface area contributed by atoms with Crippen LogP contribution in [0.25, 0.3) is 0 Å². The second-order valence-corrected chi connectivity index (χ2v) is 8.63. The summed E-state index contributed by atoms with van der Waals surface area (Å²) in [6.07, 6.45) is -0.757. The molecule has 0 aliphatic rings. The molecule has 2 atom stereocenters. The summed E-state index contributed by atoms with van der Waals surface area (Å²) in [6.45, 7) is 4.20. The zero-order chi connectivity index (χ0) is 21.9. The quantitative estimate of drug-likeness (QED) is 0.432. The van der Waals surface area contributed by atoms with Gasteiger partial charge < -0.3 is 15.2 Å². The Morgan fingerprint density at radius 3 is 2.30 bits per heavy atom. The first-order valence-corrected chi connectivity index (χ1v) is 10.8. The molecule has 8 heteroatoms. The van der Waals surface area contributed by atoms with Crippen molar-refractivity contribution < 1.29 is 19.4 Å². The second kappa shape index (κ2) is 12.1. The van der Waals surface area contributed by atoms with Gasteiger partial charge in [0, 0.05) is 11.3 Å². The zero-order valence-electron chi connectivity index (χ0n) is 17.4. The van der Waals surface area contributed by atoms with Crippen LogP contribution in [-0.4, -0.2) is 47.2 Å². The monoisotopic (exact) mass is 431 g/mol. The molecule has 162 valence electrons. The fourth-order valence-corrected chi connectivity index (χ4v) is 3.54. The SMILES string of the molecule is COc1ccc(C(=O)NNC(=O)C(O)[C@@H](CCSC(C)C)Nc2ccccc2)cc1. The van der Waals surface area contributed by atoms with Crippen molar-refractivity contribution in [1.82, 2.24) is 10.9 Å². The number of para-hydroxylation sites is 1. The third-order valence-electron chi connectivity index (χ3n) is 4.31. The van der Waals surface area contributed by atoms with E-state index in [1.54, 1.807) is 36.0 Å². The number of carbonyl (C=O) groups excluding carboxylic acids is 2. The smallest absolute Gasteiger partial charge is 0.269 e. The van der Waals surface area contributed by atoms with Crippen LogP contribution in [0.1, 0.15) is 30.6 Å². The van der Waals surface area contributed by atoms with Crippen molar-refractivity contribution in [2.45, 2.75) is 37.7 Å². The summed E-state index contributed by atoms with van der Waals surface area (Å²) in [5, 5.41) is 14.3. The summed E-state index contributed by atoms with van der Waals surface area (Å²) < 4.78 is 5.06. The molecule has 0 aliphatic heterocycles. The highest BCUT2D eigenvalue weighted by molar-refractivity contribution is 7.99. The van der Waals surface area contributed by atoms with Crippen LogP contribution in [0, 0.1) is 0 Å². The van der Waals surface area contributed by atoms with Crippen molar-refractivity contribution in [1.29, 1.82) is 0 Å². The molecule has 30 heavy (non-hydrogen) atoms. The van der Waals surface area contributed by atoms with Crippen LogP contribution in [0.4, 0.5) is 5.69 Å². The average molecular weight is 432 g/mol. The molecule has 0 aliphatic carbocycles. The fourth-order valence-electron chi connectivity index (χ4n) is 2.68. The van der Waals surface area contributed by atoms with Crippen molar-refractivity contribution in [2.24, 2.45) is 0 Å². The van der Waals surface area contributed by atoms with E-state index < -0.39 is 24.0 Å². The van der Waals surface area contributed by atoms with Crippen LogP contribution in [0.3, 0.4) is 0 Å². The Labute approximate surface area is 181 Å². The highest BCUT2D eigenvalue weighted by Gasteiger charge is 2.26. The van der Waals surface area contributed by atoms with E-state index in [-0.39, 0.29) is 0 Å². The van der Waals surface area contributed by atoms with Crippen LogP contribution in [-0.2, 0) is 4.79 Å². The number of rotatable bonds is 10. The lowest BCUT2D eigenvalue weighted by Gasteiger charge is -2.25. The van der Waals surface area contributed by atoms with E-state index in [4.69, 9.17) is 4.74 Å². The maximum Gasteiger partial charge on any atom is 0.269 e. The first kappa shape index (κ1) is 23.6. The van der Waals surface area contributed by atoms with E-state index in [0.717, 1.165) is 11.4 Å². The Morgan fingerprint density at radius 1 is 1.03 bits per heavy atom. The molecular formula is C22H29N3O4S. The largest absolute Gasteiger partial charge is 0.497 e. The predicted octanol–water partition coefficient (Wildman–Crippen LogP) is 2.83. The average Bonchev–Trinajstić information content (AvgIpc) is 2.76. The number of benzene rings is 2. The number of carbonyl (C=O) groups is 2. The Kier molecular flexibility index (Phi) is 9.50. The van der Waals surface area contributed by atoms with E-state index in [2.05, 4.69) is 30.0 Å². The highest BCUT2D eigenvalue weighted by atomic mass is 32.2. The summed E-state index contributed by atoms with van der Waals surface area (Å²) in [4.78, 5) is 24.7. The summed E-state index contributed by atoms with van der Waals surface area (Å²) in [5.74, 6) is 0.242. The standard InChI is InChI=1S/C22H29N3O4S/c1-15(2)30-14-13-19(23-17-7-5-4-6-8-17)20(26)22(28)25-24-21(27)16-9-11-18(29-3)12-10-16/h4-12,15,19-20,23,26H,13-14H2,1-3H3,(H,24,27)(H,25,28)/t19-,20?/m1/s1. The molecule has 0 aromatic heterocycles. The molecule has 0 saturated heterocycles. The van der Waals surface area contributed by atoms with Gasteiger partial charge in [-0.2, -0.15) is 11.8 Å². The minimum Gasteiger partial charge on any atom is -0.497 e. The Balaban J connectivity index is 1.95. The highest BCUT2D eigenvalue weighted by Crippen LogP contribution is 2.17. The summed E-state index contributed by atoms with van der Waals surface area (Å²) >= 11 is 1.75. The molecule has 2 aromatic rings. The maximum absolute atomic E-state index is 12.5. The number of anilines is 1. The van der Waals surface area contributed by atoms with E-state index in [1.165, 1.54) is 7.11 Å². The molecule has 0 spiro atoms. The van der Waals surface area contributed by atoms with Crippen LogP contribution < -0.4 is 20.9 Å². The fraction of sp³-hybridized carbons (Fsp3) is 0.364. The van der Waals surface area contributed by atoms with Crippen LogP contribution in [0.5, 0.6) is 5.75 Å². The normalized spacial score (nSPS) is 12.7. The number of methoxy groups -OCH3 is 1. The number of aliphatic hydroxyl groups excluding tert-OH is 1. The summed E-state index contributed by atoms with van der Waals surface area (Å²) in [5.41, 5.74) is 5.82. The van der Waals surface area contributed by atoms with Gasteiger partial charge in [0.2, 0.25) is 0 Å². The second-order valence-electron chi connectivity index (χ2n) is 6.94.